The van der Waals surface area contributed by atoms with E-state index in [0.717, 1.165) is 10.0 Å². The fraction of sp³-hybridized carbons (Fsp3) is 0.364. The van der Waals surface area contributed by atoms with Crippen molar-refractivity contribution in [2.75, 3.05) is 0 Å². The molecule has 3 heteroatoms. The fourth-order valence-electron chi connectivity index (χ4n) is 1.30. The van der Waals surface area contributed by atoms with Gasteiger partial charge in [-0.1, -0.05) is 22.0 Å². The normalized spacial score (nSPS) is 17.1. The van der Waals surface area contributed by atoms with Crippen LogP contribution in [0, 0.1) is 6.92 Å². The summed E-state index contributed by atoms with van der Waals surface area (Å²) in [5.74, 6) is 0.652. The number of aryl methyl sites for hydroxylation is 1. The highest BCUT2D eigenvalue weighted by atomic mass is 79.9. The van der Waals surface area contributed by atoms with Gasteiger partial charge in [0.15, 0.2) is 0 Å². The number of halogens is 1. The van der Waals surface area contributed by atoms with E-state index >= 15 is 0 Å². The average Bonchev–Trinajstić information content (AvgIpc) is 2.87. The van der Waals surface area contributed by atoms with E-state index in [1.54, 1.807) is 0 Å². The summed E-state index contributed by atoms with van der Waals surface area (Å²) in [7, 11) is 0. The van der Waals surface area contributed by atoms with E-state index in [9.17, 15) is 0 Å². The van der Waals surface area contributed by atoms with Crippen LogP contribution in [0.2, 0.25) is 0 Å². The lowest BCUT2D eigenvalue weighted by Gasteiger charge is -2.04. The number of hydrogen-bond acceptors (Lipinski definition) is 1. The number of nitrogens with two attached hydrogens (primary N) is 1. The molecule has 0 radical (unpaired) electrons. The summed E-state index contributed by atoms with van der Waals surface area (Å²) >= 11 is 3.50. The van der Waals surface area contributed by atoms with Crippen molar-refractivity contribution in [3.05, 3.63) is 33.8 Å². The van der Waals surface area contributed by atoms with Crippen LogP contribution in [0.3, 0.4) is 0 Å². The van der Waals surface area contributed by atoms with Gasteiger partial charge in [0.05, 0.1) is 6.04 Å². The van der Waals surface area contributed by atoms with Crippen LogP contribution in [0.25, 0.3) is 0 Å². The van der Waals surface area contributed by atoms with Crippen LogP contribution < -0.4 is 5.73 Å². The van der Waals surface area contributed by atoms with E-state index in [-0.39, 0.29) is 0 Å². The minimum atomic E-state index is 0.475. The zero-order chi connectivity index (χ0) is 10.1. The maximum Gasteiger partial charge on any atom is 0.127 e. The predicted octanol–water partition coefficient (Wildman–Crippen LogP) is 2.63. The molecule has 2 nitrogen and oxygen atoms in total. The van der Waals surface area contributed by atoms with Gasteiger partial charge in [-0.25, -0.2) is 0 Å². The summed E-state index contributed by atoms with van der Waals surface area (Å²) in [4.78, 5) is 4.41. The maximum absolute atomic E-state index is 5.91. The molecule has 0 aromatic heterocycles. The lowest BCUT2D eigenvalue weighted by atomic mass is 10.1. The topological polar surface area (TPSA) is 38.4 Å². The number of rotatable bonds is 2. The van der Waals surface area contributed by atoms with Crippen molar-refractivity contribution in [2.24, 2.45) is 10.7 Å². The fourth-order valence-corrected chi connectivity index (χ4v) is 1.99. The van der Waals surface area contributed by atoms with Gasteiger partial charge >= 0.3 is 0 Å². The Bertz CT molecular complexity index is 381. The number of aliphatic imine (C=N–C) groups is 1. The van der Waals surface area contributed by atoms with Crippen LogP contribution in [0.1, 0.15) is 24.0 Å². The first-order valence-electron chi connectivity index (χ1n) is 4.76. The molecule has 0 atom stereocenters. The van der Waals surface area contributed by atoms with Crippen molar-refractivity contribution in [1.82, 2.24) is 0 Å². The summed E-state index contributed by atoms with van der Waals surface area (Å²) in [6, 6.07) is 6.60. The third-order valence-electron chi connectivity index (χ3n) is 2.27. The Labute approximate surface area is 92.4 Å². The highest BCUT2D eigenvalue weighted by Gasteiger charge is 2.21. The molecule has 0 aliphatic heterocycles. The maximum atomic E-state index is 5.91. The monoisotopic (exact) mass is 252 g/mol. The molecule has 1 aromatic carbocycles. The second-order valence-corrected chi connectivity index (χ2v) is 4.58. The third kappa shape index (κ3) is 2.15. The first-order valence-corrected chi connectivity index (χ1v) is 5.56. The minimum absolute atomic E-state index is 0.475. The van der Waals surface area contributed by atoms with E-state index in [1.165, 1.54) is 18.4 Å². The molecule has 14 heavy (non-hydrogen) atoms. The van der Waals surface area contributed by atoms with Crippen LogP contribution in [0.15, 0.2) is 27.7 Å². The van der Waals surface area contributed by atoms with Gasteiger partial charge in [0.1, 0.15) is 5.84 Å². The molecule has 0 saturated heterocycles. The molecule has 0 unspecified atom stereocenters. The molecule has 2 rings (SSSR count). The Balaban J connectivity index is 2.30. The van der Waals surface area contributed by atoms with Crippen molar-refractivity contribution in [2.45, 2.75) is 25.8 Å². The molecular weight excluding hydrogens is 240 g/mol. The van der Waals surface area contributed by atoms with E-state index in [4.69, 9.17) is 5.73 Å². The van der Waals surface area contributed by atoms with E-state index in [1.807, 2.05) is 6.07 Å². The number of benzene rings is 1. The largest absolute Gasteiger partial charge is 0.383 e. The predicted molar refractivity (Wildman–Crippen MR) is 62.6 cm³/mol. The van der Waals surface area contributed by atoms with Gasteiger partial charge in [-0.3, -0.25) is 4.99 Å². The SMILES string of the molecule is Cc1ccc(C(N)=NC2CC2)c(Br)c1. The lowest BCUT2D eigenvalue weighted by molar-refractivity contribution is 1.06. The molecule has 1 aliphatic rings. The molecule has 0 bridgehead atoms. The van der Waals surface area contributed by atoms with Gasteiger partial charge in [0.25, 0.3) is 0 Å². The van der Waals surface area contributed by atoms with Crippen LogP contribution in [0.5, 0.6) is 0 Å². The van der Waals surface area contributed by atoms with Gasteiger partial charge < -0.3 is 5.73 Å². The molecule has 1 saturated carbocycles. The van der Waals surface area contributed by atoms with Gasteiger partial charge in [0, 0.05) is 10.0 Å². The molecule has 74 valence electrons. The molecule has 1 fully saturated rings. The van der Waals surface area contributed by atoms with Crippen LogP contribution in [0.4, 0.5) is 0 Å². The minimum Gasteiger partial charge on any atom is -0.383 e. The number of nitrogens with zero attached hydrogens (tertiary/aromatic N) is 1. The Morgan fingerprint density at radius 2 is 2.21 bits per heavy atom. The second kappa shape index (κ2) is 3.73. The summed E-state index contributed by atoms with van der Waals surface area (Å²) in [5, 5.41) is 0. The van der Waals surface area contributed by atoms with Crippen molar-refractivity contribution in [1.29, 1.82) is 0 Å². The molecule has 0 amide bonds. The van der Waals surface area contributed by atoms with Gasteiger partial charge in [0.2, 0.25) is 0 Å². The van der Waals surface area contributed by atoms with Crippen molar-refractivity contribution >= 4 is 21.8 Å². The van der Waals surface area contributed by atoms with Gasteiger partial charge in [-0.05, 0) is 37.5 Å². The molecule has 1 aliphatic carbocycles. The standard InChI is InChI=1S/C11H13BrN2/c1-7-2-5-9(10(12)6-7)11(13)14-8-3-4-8/h2,5-6,8H,3-4H2,1H3,(H2,13,14). The Morgan fingerprint density at radius 3 is 2.79 bits per heavy atom. The Morgan fingerprint density at radius 1 is 1.50 bits per heavy atom. The van der Waals surface area contributed by atoms with E-state index < -0.39 is 0 Å². The van der Waals surface area contributed by atoms with Crippen molar-refractivity contribution in [3.8, 4) is 0 Å². The zero-order valence-electron chi connectivity index (χ0n) is 8.13. The molecule has 0 heterocycles. The van der Waals surface area contributed by atoms with E-state index in [2.05, 4.69) is 40.0 Å². The summed E-state index contributed by atoms with van der Waals surface area (Å²) in [6.45, 7) is 2.06. The number of hydrogen-bond donors (Lipinski definition) is 1. The summed E-state index contributed by atoms with van der Waals surface area (Å²) in [5.41, 5.74) is 8.13. The van der Waals surface area contributed by atoms with Crippen LogP contribution in [-0.2, 0) is 0 Å². The smallest absolute Gasteiger partial charge is 0.127 e. The summed E-state index contributed by atoms with van der Waals surface area (Å²) in [6.07, 6.45) is 2.37. The van der Waals surface area contributed by atoms with Crippen LogP contribution in [-0.4, -0.2) is 11.9 Å². The molecule has 1 aromatic rings. The van der Waals surface area contributed by atoms with E-state index in [0.29, 0.717) is 11.9 Å². The number of amidine groups is 1. The van der Waals surface area contributed by atoms with Crippen molar-refractivity contribution in [3.63, 3.8) is 0 Å². The summed E-state index contributed by atoms with van der Waals surface area (Å²) < 4.78 is 1.03. The molecular formula is C11H13BrN2. The highest BCUT2D eigenvalue weighted by molar-refractivity contribution is 9.10. The first-order chi connectivity index (χ1) is 6.66. The Hall–Kier alpha value is -0.830. The first kappa shape index (κ1) is 9.71. The Kier molecular flexibility index (Phi) is 2.59. The molecule has 0 spiro atoms. The average molecular weight is 253 g/mol. The van der Waals surface area contributed by atoms with Crippen LogP contribution >= 0.6 is 15.9 Å². The van der Waals surface area contributed by atoms with Crippen molar-refractivity contribution < 1.29 is 0 Å². The molecule has 2 N–H and O–H groups in total. The van der Waals surface area contributed by atoms with Gasteiger partial charge in [-0.15, -0.1) is 0 Å². The quantitative estimate of drug-likeness (QED) is 0.638. The highest BCUT2D eigenvalue weighted by Crippen LogP contribution is 2.25. The van der Waals surface area contributed by atoms with Gasteiger partial charge in [-0.2, -0.15) is 0 Å². The zero-order valence-corrected chi connectivity index (χ0v) is 9.71. The second-order valence-electron chi connectivity index (χ2n) is 3.73. The third-order valence-corrected chi connectivity index (χ3v) is 2.93. The lowest BCUT2D eigenvalue weighted by Crippen LogP contribution is -2.14.